The van der Waals surface area contributed by atoms with Crippen LogP contribution in [0.2, 0.25) is 0 Å². The van der Waals surface area contributed by atoms with Gasteiger partial charge in [-0.05, 0) is 31.2 Å². The predicted molar refractivity (Wildman–Crippen MR) is 67.6 cm³/mol. The van der Waals surface area contributed by atoms with E-state index >= 15 is 0 Å². The number of furan rings is 1. The average molecular weight is 269 g/mol. The van der Waals surface area contributed by atoms with Gasteiger partial charge in [-0.15, -0.1) is 0 Å². The molecule has 0 spiro atoms. The number of rotatable bonds is 6. The number of amides is 1. The highest BCUT2D eigenvalue weighted by Crippen LogP contribution is 2.28. The van der Waals surface area contributed by atoms with Gasteiger partial charge in [0.15, 0.2) is 5.76 Å². The van der Waals surface area contributed by atoms with Gasteiger partial charge in [-0.3, -0.25) is 9.59 Å². The molecule has 1 aromatic rings. The molecule has 0 aromatic carbocycles. The van der Waals surface area contributed by atoms with Crippen LogP contribution in [-0.4, -0.2) is 40.7 Å². The molecule has 0 bridgehead atoms. The molecular formula is C12H15NO4S. The molecule has 0 unspecified atom stereocenters. The van der Waals surface area contributed by atoms with Gasteiger partial charge in [-0.2, -0.15) is 11.8 Å². The summed E-state index contributed by atoms with van der Waals surface area (Å²) in [7, 11) is 0. The topological polar surface area (TPSA) is 70.8 Å². The Kier molecular flexibility index (Phi) is 3.96. The van der Waals surface area contributed by atoms with Gasteiger partial charge in [0.05, 0.1) is 5.75 Å². The Morgan fingerprint density at radius 2 is 2.22 bits per heavy atom. The minimum Gasteiger partial charge on any atom is -0.480 e. The Balaban J connectivity index is 2.09. The molecule has 98 valence electrons. The van der Waals surface area contributed by atoms with E-state index in [0.29, 0.717) is 5.75 Å². The monoisotopic (exact) mass is 269 g/mol. The van der Waals surface area contributed by atoms with E-state index in [4.69, 9.17) is 9.52 Å². The summed E-state index contributed by atoms with van der Waals surface area (Å²) in [6, 6.07) is 3.43. The van der Waals surface area contributed by atoms with Crippen molar-refractivity contribution in [2.24, 2.45) is 0 Å². The van der Waals surface area contributed by atoms with Gasteiger partial charge in [0.2, 0.25) is 0 Å². The number of carbonyl (C=O) groups excluding carboxylic acids is 1. The Hall–Kier alpha value is -1.43. The van der Waals surface area contributed by atoms with Crippen molar-refractivity contribution < 1.29 is 19.1 Å². The molecule has 0 atom stereocenters. The molecule has 1 aliphatic carbocycles. The van der Waals surface area contributed by atoms with Crippen LogP contribution in [0.5, 0.6) is 0 Å². The van der Waals surface area contributed by atoms with Gasteiger partial charge in [-0.1, -0.05) is 0 Å². The lowest BCUT2D eigenvalue weighted by molar-refractivity contribution is -0.137. The lowest BCUT2D eigenvalue weighted by Crippen LogP contribution is -2.37. The van der Waals surface area contributed by atoms with Crippen LogP contribution in [0.25, 0.3) is 0 Å². The van der Waals surface area contributed by atoms with Crippen LogP contribution < -0.4 is 0 Å². The average Bonchev–Trinajstić information content (AvgIpc) is 3.06. The molecule has 2 rings (SSSR count). The van der Waals surface area contributed by atoms with Crippen LogP contribution in [-0.2, 0) is 10.5 Å². The normalized spacial score (nSPS) is 14.5. The fourth-order valence-electron chi connectivity index (χ4n) is 1.75. The number of thioether (sulfide) groups is 1. The van der Waals surface area contributed by atoms with Crippen LogP contribution in [0, 0.1) is 0 Å². The number of hydrogen-bond acceptors (Lipinski definition) is 4. The van der Waals surface area contributed by atoms with Crippen molar-refractivity contribution in [2.75, 3.05) is 12.8 Å². The first-order chi connectivity index (χ1) is 8.61. The first-order valence-corrected chi connectivity index (χ1v) is 7.11. The molecule has 1 fully saturated rings. The maximum absolute atomic E-state index is 12.1. The summed E-state index contributed by atoms with van der Waals surface area (Å²) in [5.74, 6) is 0.345. The molecule has 1 aliphatic rings. The molecule has 1 saturated carbocycles. The molecule has 0 saturated heterocycles. The molecule has 18 heavy (non-hydrogen) atoms. The zero-order valence-electron chi connectivity index (χ0n) is 10.1. The number of carboxylic acid groups (broad SMARTS) is 1. The number of carbonyl (C=O) groups is 2. The minimum absolute atomic E-state index is 0.0581. The van der Waals surface area contributed by atoms with E-state index in [9.17, 15) is 9.59 Å². The summed E-state index contributed by atoms with van der Waals surface area (Å²) in [6.45, 7) is -0.262. The highest BCUT2D eigenvalue weighted by molar-refractivity contribution is 7.97. The van der Waals surface area contributed by atoms with Gasteiger partial charge >= 0.3 is 5.97 Å². The molecule has 0 aliphatic heterocycles. The first kappa shape index (κ1) is 13.0. The van der Waals surface area contributed by atoms with Crippen molar-refractivity contribution >= 4 is 23.6 Å². The van der Waals surface area contributed by atoms with Gasteiger partial charge < -0.3 is 14.4 Å². The van der Waals surface area contributed by atoms with Crippen molar-refractivity contribution in [3.8, 4) is 0 Å². The van der Waals surface area contributed by atoms with E-state index in [-0.39, 0.29) is 24.3 Å². The van der Waals surface area contributed by atoms with E-state index in [0.717, 1.165) is 18.6 Å². The Morgan fingerprint density at radius 1 is 1.50 bits per heavy atom. The second kappa shape index (κ2) is 5.48. The SMILES string of the molecule is CSCc1ccc(C(=O)N(CC(=O)O)C2CC2)o1. The number of nitrogens with zero attached hydrogens (tertiary/aromatic N) is 1. The Labute approximate surface area is 109 Å². The minimum atomic E-state index is -0.994. The molecule has 1 heterocycles. The van der Waals surface area contributed by atoms with E-state index in [2.05, 4.69) is 0 Å². The van der Waals surface area contributed by atoms with Crippen molar-refractivity contribution in [2.45, 2.75) is 24.6 Å². The first-order valence-electron chi connectivity index (χ1n) is 5.72. The zero-order valence-corrected chi connectivity index (χ0v) is 10.9. The second-order valence-electron chi connectivity index (χ2n) is 4.26. The molecule has 1 amide bonds. The summed E-state index contributed by atoms with van der Waals surface area (Å²) in [5.41, 5.74) is 0. The lowest BCUT2D eigenvalue weighted by atomic mass is 10.3. The van der Waals surface area contributed by atoms with Crippen molar-refractivity contribution in [1.82, 2.24) is 4.90 Å². The Morgan fingerprint density at radius 3 is 2.78 bits per heavy atom. The number of hydrogen-bond donors (Lipinski definition) is 1. The van der Waals surface area contributed by atoms with Crippen LogP contribution in [0.4, 0.5) is 0 Å². The summed E-state index contributed by atoms with van der Waals surface area (Å²) < 4.78 is 5.42. The molecule has 1 N–H and O–H groups in total. The maximum atomic E-state index is 12.1. The van der Waals surface area contributed by atoms with Crippen LogP contribution in [0.1, 0.15) is 29.2 Å². The number of aliphatic carboxylic acids is 1. The highest BCUT2D eigenvalue weighted by atomic mass is 32.2. The summed E-state index contributed by atoms with van der Waals surface area (Å²) in [5, 5.41) is 8.82. The number of carboxylic acids is 1. The van der Waals surface area contributed by atoms with Crippen LogP contribution in [0.3, 0.4) is 0 Å². The lowest BCUT2D eigenvalue weighted by Gasteiger charge is -2.18. The second-order valence-corrected chi connectivity index (χ2v) is 5.12. The van der Waals surface area contributed by atoms with Crippen LogP contribution in [0.15, 0.2) is 16.5 Å². The third-order valence-electron chi connectivity index (χ3n) is 2.71. The third kappa shape index (κ3) is 3.07. The highest BCUT2D eigenvalue weighted by Gasteiger charge is 2.35. The Bertz CT molecular complexity index is 453. The van der Waals surface area contributed by atoms with Crippen molar-refractivity contribution in [3.63, 3.8) is 0 Å². The third-order valence-corrected chi connectivity index (χ3v) is 3.29. The molecule has 6 heteroatoms. The summed E-state index contributed by atoms with van der Waals surface area (Å²) >= 11 is 1.60. The maximum Gasteiger partial charge on any atom is 0.323 e. The van der Waals surface area contributed by atoms with Gasteiger partial charge in [0.25, 0.3) is 5.91 Å². The zero-order chi connectivity index (χ0) is 13.1. The molecule has 1 aromatic heterocycles. The van der Waals surface area contributed by atoms with Crippen LogP contribution >= 0.6 is 11.8 Å². The van der Waals surface area contributed by atoms with E-state index in [1.807, 2.05) is 6.26 Å². The fourth-order valence-corrected chi connectivity index (χ4v) is 2.19. The van der Waals surface area contributed by atoms with Gasteiger partial charge in [0.1, 0.15) is 12.3 Å². The van der Waals surface area contributed by atoms with E-state index < -0.39 is 5.97 Å². The predicted octanol–water partition coefficient (Wildman–Crippen LogP) is 1.83. The molecule has 5 nitrogen and oxygen atoms in total. The molecular weight excluding hydrogens is 254 g/mol. The van der Waals surface area contributed by atoms with Crippen molar-refractivity contribution in [3.05, 3.63) is 23.7 Å². The van der Waals surface area contributed by atoms with Gasteiger partial charge in [-0.25, -0.2) is 0 Å². The standard InChI is InChI=1S/C12H15NO4S/c1-18-7-9-4-5-10(17-9)12(16)13(6-11(14)15)8-2-3-8/h4-5,8H,2-3,6-7H2,1H3,(H,14,15). The fraction of sp³-hybridized carbons (Fsp3) is 0.500. The smallest absolute Gasteiger partial charge is 0.323 e. The van der Waals surface area contributed by atoms with Crippen molar-refractivity contribution in [1.29, 1.82) is 0 Å². The largest absolute Gasteiger partial charge is 0.480 e. The van der Waals surface area contributed by atoms with E-state index in [1.165, 1.54) is 4.90 Å². The van der Waals surface area contributed by atoms with E-state index in [1.54, 1.807) is 23.9 Å². The molecule has 0 radical (unpaired) electrons. The summed E-state index contributed by atoms with van der Waals surface area (Å²) in [6.07, 6.45) is 3.69. The van der Waals surface area contributed by atoms with Gasteiger partial charge in [0, 0.05) is 6.04 Å². The quantitative estimate of drug-likeness (QED) is 0.853. The summed E-state index contributed by atoms with van der Waals surface area (Å²) in [4.78, 5) is 24.3.